The van der Waals surface area contributed by atoms with Gasteiger partial charge >= 0.3 is 0 Å². The van der Waals surface area contributed by atoms with Crippen molar-refractivity contribution in [1.29, 1.82) is 0 Å². The van der Waals surface area contributed by atoms with Crippen LogP contribution in [0.25, 0.3) is 0 Å². The van der Waals surface area contributed by atoms with Crippen molar-refractivity contribution in [1.82, 2.24) is 20.2 Å². The Kier molecular flexibility index (Phi) is 4.24. The monoisotopic (exact) mass is 304 g/mol. The summed E-state index contributed by atoms with van der Waals surface area (Å²) in [4.78, 5) is 0. The molecule has 1 fully saturated rings. The summed E-state index contributed by atoms with van der Waals surface area (Å²) in [5.41, 5.74) is 1.48. The minimum atomic E-state index is -3.54. The molecule has 0 atom stereocenters. The van der Waals surface area contributed by atoms with E-state index in [9.17, 15) is 8.42 Å². The summed E-state index contributed by atoms with van der Waals surface area (Å²) in [6, 6.07) is 0. The lowest BCUT2D eigenvalue weighted by molar-refractivity contribution is 0.573. The number of nitrogens with zero attached hydrogens (tertiary/aromatic N) is 1. The minimum absolute atomic E-state index is 0.0988. The summed E-state index contributed by atoms with van der Waals surface area (Å²) in [6.45, 7) is 2.77. The normalized spacial score (nSPS) is 17.6. The Morgan fingerprint density at radius 2 is 2.16 bits per heavy atom. The third-order valence-electron chi connectivity index (χ3n) is 3.47. The number of hydrogen-bond acceptors (Lipinski definition) is 5. The van der Waals surface area contributed by atoms with Crippen LogP contribution in [0.2, 0.25) is 0 Å². The van der Waals surface area contributed by atoms with Crippen LogP contribution >= 0.6 is 11.8 Å². The Morgan fingerprint density at radius 3 is 2.68 bits per heavy atom. The quantitative estimate of drug-likeness (QED) is 0.687. The smallest absolute Gasteiger partial charge is 0.260 e. The molecule has 0 bridgehead atoms. The highest BCUT2D eigenvalue weighted by molar-refractivity contribution is 8.00. The maximum absolute atomic E-state index is 12.3. The van der Waals surface area contributed by atoms with Gasteiger partial charge in [-0.15, -0.1) is 0 Å². The maximum atomic E-state index is 12.3. The van der Waals surface area contributed by atoms with E-state index in [1.54, 1.807) is 18.8 Å². The molecule has 1 aromatic rings. The molecular formula is C11H20N4O2S2. The number of nitrogens with one attached hydrogen (secondary N) is 3. The number of hydrogen-bond donors (Lipinski definition) is 3. The fourth-order valence-corrected chi connectivity index (χ4v) is 4.06. The van der Waals surface area contributed by atoms with Gasteiger partial charge in [-0.25, -0.2) is 13.1 Å². The molecule has 6 nitrogen and oxygen atoms in total. The maximum Gasteiger partial charge on any atom is 0.260 e. The fraction of sp³-hybridized carbons (Fsp3) is 0.727. The van der Waals surface area contributed by atoms with Crippen LogP contribution in [-0.2, 0) is 16.6 Å². The predicted octanol–water partition coefficient (Wildman–Crippen LogP) is 0.611. The Labute approximate surface area is 118 Å². The second kappa shape index (κ2) is 5.43. The van der Waals surface area contributed by atoms with Gasteiger partial charge in [0.1, 0.15) is 0 Å². The van der Waals surface area contributed by atoms with Gasteiger partial charge in [0.05, 0.1) is 0 Å². The van der Waals surface area contributed by atoms with Crippen LogP contribution in [0.5, 0.6) is 0 Å². The van der Waals surface area contributed by atoms with Crippen LogP contribution in [0.1, 0.15) is 24.1 Å². The van der Waals surface area contributed by atoms with E-state index in [1.165, 1.54) is 0 Å². The number of aromatic nitrogens is 2. The van der Waals surface area contributed by atoms with Crippen LogP contribution in [-0.4, -0.2) is 43.2 Å². The Hall–Kier alpha value is -0.570. The van der Waals surface area contributed by atoms with Crippen molar-refractivity contribution in [2.45, 2.75) is 36.1 Å². The molecule has 1 aliphatic rings. The highest BCUT2D eigenvalue weighted by atomic mass is 32.2. The first-order chi connectivity index (χ1) is 8.94. The second-order valence-electron chi connectivity index (χ2n) is 4.87. The number of rotatable bonds is 7. The van der Waals surface area contributed by atoms with Crippen molar-refractivity contribution in [3.8, 4) is 0 Å². The van der Waals surface area contributed by atoms with Gasteiger partial charge in [0, 0.05) is 29.1 Å². The van der Waals surface area contributed by atoms with E-state index in [0.29, 0.717) is 18.7 Å². The lowest BCUT2D eigenvalue weighted by atomic mass is 10.3. The summed E-state index contributed by atoms with van der Waals surface area (Å²) in [7, 11) is -1.76. The van der Waals surface area contributed by atoms with Gasteiger partial charge < -0.3 is 5.32 Å². The number of H-pyrrole nitrogens is 1. The molecular weight excluding hydrogens is 284 g/mol. The van der Waals surface area contributed by atoms with Gasteiger partial charge in [-0.05, 0) is 33.1 Å². The molecule has 0 radical (unpaired) electrons. The zero-order valence-corrected chi connectivity index (χ0v) is 13.0. The molecule has 0 aromatic carbocycles. The SMILES string of the molecule is CNCc1c(S(=O)(=O)NCC2(SC)CC2)n[nH]c1C. The van der Waals surface area contributed by atoms with E-state index in [2.05, 4.69) is 20.2 Å². The predicted molar refractivity (Wildman–Crippen MR) is 76.8 cm³/mol. The fourth-order valence-electron chi connectivity index (χ4n) is 1.92. The average molecular weight is 304 g/mol. The minimum Gasteiger partial charge on any atom is -0.316 e. The molecule has 0 spiro atoms. The zero-order chi connectivity index (χ0) is 14.1. The van der Waals surface area contributed by atoms with E-state index in [4.69, 9.17) is 0 Å². The van der Waals surface area contributed by atoms with Gasteiger partial charge in [-0.2, -0.15) is 16.9 Å². The topological polar surface area (TPSA) is 86.9 Å². The van der Waals surface area contributed by atoms with Crippen molar-refractivity contribution in [3.05, 3.63) is 11.3 Å². The van der Waals surface area contributed by atoms with Crippen molar-refractivity contribution < 1.29 is 8.42 Å². The molecule has 2 rings (SSSR count). The summed E-state index contributed by atoms with van der Waals surface area (Å²) in [6.07, 6.45) is 4.16. The van der Waals surface area contributed by atoms with Crippen LogP contribution in [0.3, 0.4) is 0 Å². The standard InChI is InChI=1S/C11H20N4O2S2/c1-8-9(6-12-2)10(15-14-8)19(16,17)13-7-11(18-3)4-5-11/h12-13H,4-7H2,1-3H3,(H,14,15). The number of aromatic amines is 1. The van der Waals surface area contributed by atoms with Gasteiger partial charge in [-0.3, -0.25) is 5.10 Å². The molecule has 0 amide bonds. The van der Waals surface area contributed by atoms with Crippen molar-refractivity contribution in [2.75, 3.05) is 19.8 Å². The van der Waals surface area contributed by atoms with Gasteiger partial charge in [-0.1, -0.05) is 0 Å². The number of thioether (sulfide) groups is 1. The van der Waals surface area contributed by atoms with Crippen molar-refractivity contribution >= 4 is 21.8 Å². The lowest BCUT2D eigenvalue weighted by Crippen LogP contribution is -2.32. The molecule has 8 heteroatoms. The van der Waals surface area contributed by atoms with E-state index in [-0.39, 0.29) is 9.77 Å². The zero-order valence-electron chi connectivity index (χ0n) is 11.4. The first kappa shape index (κ1) is 14.8. The molecule has 19 heavy (non-hydrogen) atoms. The van der Waals surface area contributed by atoms with E-state index < -0.39 is 10.0 Å². The van der Waals surface area contributed by atoms with Crippen molar-refractivity contribution in [3.63, 3.8) is 0 Å². The highest BCUT2D eigenvalue weighted by Gasteiger charge is 2.42. The molecule has 0 aliphatic heterocycles. The molecule has 1 aliphatic carbocycles. The van der Waals surface area contributed by atoms with Gasteiger partial charge in [0.25, 0.3) is 10.0 Å². The van der Waals surface area contributed by atoms with E-state index in [0.717, 1.165) is 18.5 Å². The molecule has 3 N–H and O–H groups in total. The Bertz CT molecular complexity index is 549. The second-order valence-corrected chi connectivity index (χ2v) is 7.83. The van der Waals surface area contributed by atoms with Crippen LogP contribution in [0, 0.1) is 6.92 Å². The summed E-state index contributed by atoms with van der Waals surface area (Å²) < 4.78 is 27.4. The first-order valence-electron chi connectivity index (χ1n) is 6.17. The molecule has 1 saturated carbocycles. The van der Waals surface area contributed by atoms with Crippen LogP contribution in [0.15, 0.2) is 5.03 Å². The van der Waals surface area contributed by atoms with Gasteiger partial charge in [0.2, 0.25) is 0 Å². The molecule has 1 heterocycles. The number of aryl methyl sites for hydroxylation is 1. The largest absolute Gasteiger partial charge is 0.316 e. The Balaban J connectivity index is 2.15. The summed E-state index contributed by atoms with van der Waals surface area (Å²) >= 11 is 1.73. The first-order valence-corrected chi connectivity index (χ1v) is 8.88. The summed E-state index contributed by atoms with van der Waals surface area (Å²) in [5.74, 6) is 0. The van der Waals surface area contributed by atoms with E-state index in [1.807, 2.05) is 13.2 Å². The lowest BCUT2D eigenvalue weighted by Gasteiger charge is -2.13. The molecule has 1 aromatic heterocycles. The van der Waals surface area contributed by atoms with E-state index >= 15 is 0 Å². The molecule has 0 saturated heterocycles. The Morgan fingerprint density at radius 1 is 1.47 bits per heavy atom. The molecule has 0 unspecified atom stereocenters. The summed E-state index contributed by atoms with van der Waals surface area (Å²) in [5, 5.41) is 9.74. The number of sulfonamides is 1. The third-order valence-corrected chi connectivity index (χ3v) is 6.26. The molecule has 108 valence electrons. The third kappa shape index (κ3) is 3.13. The van der Waals surface area contributed by atoms with Crippen LogP contribution < -0.4 is 10.0 Å². The highest BCUT2D eigenvalue weighted by Crippen LogP contribution is 2.46. The van der Waals surface area contributed by atoms with Crippen molar-refractivity contribution in [2.24, 2.45) is 0 Å². The van der Waals surface area contributed by atoms with Crippen LogP contribution in [0.4, 0.5) is 0 Å². The average Bonchev–Trinajstić information content (AvgIpc) is 3.07. The van der Waals surface area contributed by atoms with Gasteiger partial charge in [0.15, 0.2) is 5.03 Å².